The molecule has 0 radical (unpaired) electrons. The number of aromatic nitrogens is 3. The van der Waals surface area contributed by atoms with Crippen molar-refractivity contribution in [2.24, 2.45) is 0 Å². The van der Waals surface area contributed by atoms with E-state index in [1.54, 1.807) is 36.7 Å². The van der Waals surface area contributed by atoms with Gasteiger partial charge in [-0.05, 0) is 40.8 Å². The maximum Gasteiger partial charge on any atom is 0.388 e. The highest BCUT2D eigenvalue weighted by Gasteiger charge is 2.20. The van der Waals surface area contributed by atoms with Crippen molar-refractivity contribution >= 4 is 11.6 Å². The summed E-state index contributed by atoms with van der Waals surface area (Å²) in [5.41, 5.74) is 3.46. The summed E-state index contributed by atoms with van der Waals surface area (Å²) in [6, 6.07) is 9.01. The quantitative estimate of drug-likeness (QED) is 0.505. The van der Waals surface area contributed by atoms with Crippen molar-refractivity contribution in [1.29, 1.82) is 0 Å². The molecule has 29 heavy (non-hydrogen) atoms. The smallest absolute Gasteiger partial charge is 0.388 e. The summed E-state index contributed by atoms with van der Waals surface area (Å²) in [5.74, 6) is -0.127. The zero-order valence-corrected chi connectivity index (χ0v) is 17.0. The number of hydrogen-bond acceptors (Lipinski definition) is 5. The molecule has 0 fully saturated rings. The van der Waals surface area contributed by atoms with E-state index in [1.807, 2.05) is 19.9 Å². The number of nitrogens with zero attached hydrogens (tertiary/aromatic N) is 3. The van der Waals surface area contributed by atoms with Gasteiger partial charge in [-0.25, -0.2) is 15.0 Å². The Hall–Kier alpha value is -2.80. The predicted octanol–water partition coefficient (Wildman–Crippen LogP) is 5.52. The largest absolute Gasteiger partial charge is 0.467 e. The molecule has 0 spiro atoms. The van der Waals surface area contributed by atoms with E-state index in [0.717, 1.165) is 11.1 Å². The SMILES string of the molecule is COc1ncc(Cc2cc(-c3cccc(Cl)c3)c(OC(F)F)nc2C(C)C)cn1. The first-order valence-electron chi connectivity index (χ1n) is 8.96. The number of benzene rings is 1. The Morgan fingerprint density at radius 3 is 2.41 bits per heavy atom. The Labute approximate surface area is 172 Å². The van der Waals surface area contributed by atoms with Crippen LogP contribution in [0.5, 0.6) is 11.9 Å². The molecule has 0 saturated heterocycles. The Balaban J connectivity index is 2.11. The van der Waals surface area contributed by atoms with E-state index < -0.39 is 6.61 Å². The molecule has 1 aromatic carbocycles. The number of alkyl halides is 2. The molecule has 0 N–H and O–H groups in total. The fourth-order valence-electron chi connectivity index (χ4n) is 2.99. The van der Waals surface area contributed by atoms with E-state index in [4.69, 9.17) is 21.1 Å². The van der Waals surface area contributed by atoms with E-state index in [2.05, 4.69) is 15.0 Å². The molecule has 0 atom stereocenters. The van der Waals surface area contributed by atoms with Crippen molar-refractivity contribution in [3.8, 4) is 23.0 Å². The van der Waals surface area contributed by atoms with Gasteiger partial charge in [-0.1, -0.05) is 37.6 Å². The van der Waals surface area contributed by atoms with Crippen LogP contribution in [0.1, 0.15) is 36.6 Å². The van der Waals surface area contributed by atoms with Gasteiger partial charge in [0.25, 0.3) is 0 Å². The van der Waals surface area contributed by atoms with Crippen LogP contribution in [-0.4, -0.2) is 28.7 Å². The first-order valence-corrected chi connectivity index (χ1v) is 9.34. The number of halogens is 3. The molecule has 3 rings (SSSR count). The van der Waals surface area contributed by atoms with Gasteiger partial charge >= 0.3 is 12.6 Å². The highest BCUT2D eigenvalue weighted by Crippen LogP contribution is 2.35. The molecule has 0 amide bonds. The average Bonchev–Trinajstić information content (AvgIpc) is 2.68. The molecule has 152 valence electrons. The molecule has 0 aliphatic carbocycles. The lowest BCUT2D eigenvalue weighted by Gasteiger charge is -2.18. The van der Waals surface area contributed by atoms with Crippen LogP contribution in [0, 0.1) is 0 Å². The van der Waals surface area contributed by atoms with E-state index in [9.17, 15) is 8.78 Å². The molecule has 0 bridgehead atoms. The summed E-state index contributed by atoms with van der Waals surface area (Å²) < 4.78 is 35.8. The van der Waals surface area contributed by atoms with Gasteiger partial charge in [0.2, 0.25) is 5.88 Å². The lowest BCUT2D eigenvalue weighted by atomic mass is 9.95. The van der Waals surface area contributed by atoms with Gasteiger partial charge in [0.05, 0.1) is 12.8 Å². The monoisotopic (exact) mass is 419 g/mol. The maximum atomic E-state index is 13.0. The van der Waals surface area contributed by atoms with Crippen molar-refractivity contribution in [1.82, 2.24) is 15.0 Å². The molecule has 0 saturated carbocycles. The third kappa shape index (κ3) is 5.17. The summed E-state index contributed by atoms with van der Waals surface area (Å²) in [7, 11) is 1.49. The third-order valence-electron chi connectivity index (χ3n) is 4.24. The lowest BCUT2D eigenvalue weighted by Crippen LogP contribution is -2.10. The summed E-state index contributed by atoms with van der Waals surface area (Å²) in [4.78, 5) is 12.7. The highest BCUT2D eigenvalue weighted by molar-refractivity contribution is 6.30. The number of methoxy groups -OCH3 is 1. The van der Waals surface area contributed by atoms with Crippen LogP contribution in [0.2, 0.25) is 5.02 Å². The predicted molar refractivity (Wildman–Crippen MR) is 107 cm³/mol. The summed E-state index contributed by atoms with van der Waals surface area (Å²) >= 11 is 6.09. The van der Waals surface area contributed by atoms with Gasteiger partial charge in [0.1, 0.15) is 0 Å². The zero-order valence-electron chi connectivity index (χ0n) is 16.2. The highest BCUT2D eigenvalue weighted by atomic mass is 35.5. The number of rotatable bonds is 7. The van der Waals surface area contributed by atoms with Gasteiger partial charge < -0.3 is 9.47 Å². The second-order valence-corrected chi connectivity index (χ2v) is 7.12. The van der Waals surface area contributed by atoms with Gasteiger partial charge in [0.15, 0.2) is 0 Å². The van der Waals surface area contributed by atoms with E-state index in [0.29, 0.717) is 28.3 Å². The van der Waals surface area contributed by atoms with Crippen molar-refractivity contribution in [2.75, 3.05) is 7.11 Å². The second-order valence-electron chi connectivity index (χ2n) is 6.68. The van der Waals surface area contributed by atoms with Crippen LogP contribution < -0.4 is 9.47 Å². The first kappa shape index (κ1) is 20.9. The van der Waals surface area contributed by atoms with Gasteiger partial charge in [-0.3, -0.25) is 0 Å². The Bertz CT molecular complexity index is 982. The standard InChI is InChI=1S/C21H20ClF2N3O2/c1-12(2)18-15(7-13-10-25-21(28-3)26-11-13)9-17(19(27-18)29-20(23)24)14-5-4-6-16(22)8-14/h4-6,8-12,20H,7H2,1-3H3. The minimum absolute atomic E-state index is 0.00222. The van der Waals surface area contributed by atoms with Crippen LogP contribution in [0.25, 0.3) is 11.1 Å². The van der Waals surface area contributed by atoms with E-state index >= 15 is 0 Å². The fraction of sp³-hybridized carbons (Fsp3) is 0.286. The molecule has 0 aliphatic rings. The first-order chi connectivity index (χ1) is 13.9. The van der Waals surface area contributed by atoms with Crippen molar-refractivity contribution in [2.45, 2.75) is 32.8 Å². The molecule has 2 heterocycles. The Morgan fingerprint density at radius 1 is 1.10 bits per heavy atom. The van der Waals surface area contributed by atoms with Crippen molar-refractivity contribution < 1.29 is 18.3 Å². The van der Waals surface area contributed by atoms with Crippen LogP contribution in [0.4, 0.5) is 8.78 Å². The molecule has 2 aromatic heterocycles. The molecule has 0 unspecified atom stereocenters. The van der Waals surface area contributed by atoms with Crippen molar-refractivity contribution in [3.05, 3.63) is 64.6 Å². The van der Waals surface area contributed by atoms with E-state index in [-0.39, 0.29) is 17.8 Å². The Morgan fingerprint density at radius 2 is 1.83 bits per heavy atom. The van der Waals surface area contributed by atoms with Crippen LogP contribution in [0.3, 0.4) is 0 Å². The minimum atomic E-state index is -2.98. The number of hydrogen-bond donors (Lipinski definition) is 0. The van der Waals surface area contributed by atoms with Gasteiger partial charge in [-0.15, -0.1) is 0 Å². The van der Waals surface area contributed by atoms with Crippen molar-refractivity contribution in [3.63, 3.8) is 0 Å². The van der Waals surface area contributed by atoms with Gasteiger partial charge in [-0.2, -0.15) is 8.78 Å². The third-order valence-corrected chi connectivity index (χ3v) is 4.48. The summed E-state index contributed by atoms with van der Waals surface area (Å²) in [5, 5.41) is 0.489. The molecule has 3 aromatic rings. The summed E-state index contributed by atoms with van der Waals surface area (Å²) in [6.45, 7) is 0.907. The fourth-order valence-corrected chi connectivity index (χ4v) is 3.18. The number of ether oxygens (including phenoxy) is 2. The average molecular weight is 420 g/mol. The molecule has 0 aliphatic heterocycles. The van der Waals surface area contributed by atoms with Crippen LogP contribution in [0.15, 0.2) is 42.7 Å². The second kappa shape index (κ2) is 9.13. The van der Waals surface area contributed by atoms with Crippen LogP contribution >= 0.6 is 11.6 Å². The Kier molecular flexibility index (Phi) is 6.59. The normalized spacial score (nSPS) is 11.2. The summed E-state index contributed by atoms with van der Waals surface area (Å²) in [6.07, 6.45) is 3.81. The van der Waals surface area contributed by atoms with Gasteiger partial charge in [0, 0.05) is 29.4 Å². The molecule has 8 heteroatoms. The van der Waals surface area contributed by atoms with Crippen LogP contribution in [-0.2, 0) is 6.42 Å². The topological polar surface area (TPSA) is 57.1 Å². The molecule has 5 nitrogen and oxygen atoms in total. The molecular formula is C21H20ClF2N3O2. The number of pyridine rings is 1. The van der Waals surface area contributed by atoms with E-state index in [1.165, 1.54) is 7.11 Å². The zero-order chi connectivity index (χ0) is 21.0. The lowest BCUT2D eigenvalue weighted by molar-refractivity contribution is -0.0525. The molecular weight excluding hydrogens is 400 g/mol. The maximum absolute atomic E-state index is 13.0. The minimum Gasteiger partial charge on any atom is -0.467 e.